The van der Waals surface area contributed by atoms with Crippen molar-refractivity contribution < 1.29 is 66.6 Å². The van der Waals surface area contributed by atoms with Crippen LogP contribution in [0.3, 0.4) is 0 Å². The summed E-state index contributed by atoms with van der Waals surface area (Å²) in [4.78, 5) is 0. The third-order valence-electron chi connectivity index (χ3n) is 5.38. The van der Waals surface area contributed by atoms with Gasteiger partial charge >= 0.3 is 67.8 Å². The number of hydrogen-bond acceptors (Lipinski definition) is 1. The molecule has 0 unspecified atom stereocenters. The first-order valence-corrected chi connectivity index (χ1v) is 12.7. The Morgan fingerprint density at radius 2 is 1.38 bits per heavy atom. The number of aliphatic hydroxyl groups excluding tert-OH is 1. The minimum Gasteiger partial charge on any atom is -0.387 e. The van der Waals surface area contributed by atoms with Crippen LogP contribution in [0.1, 0.15) is 32.6 Å². The van der Waals surface area contributed by atoms with Crippen molar-refractivity contribution in [2.24, 2.45) is 10.8 Å². The molecule has 0 amide bonds. The van der Waals surface area contributed by atoms with Crippen molar-refractivity contribution in [2.75, 3.05) is 0 Å². The van der Waals surface area contributed by atoms with E-state index in [1.165, 1.54) is 6.04 Å². The van der Waals surface area contributed by atoms with Crippen LogP contribution in [-0.4, -0.2) is 19.3 Å². The van der Waals surface area contributed by atoms with E-state index in [0.717, 1.165) is 25.7 Å². The SMILES string of the molecule is [C-]#[O+].[C-]#[O+].[C-]#[O+].[C-]#[O+].[C-]#[O+].[C-]#[O+].[CH]=[C][C@H](O)[C@@]12C=CCC[C@@]1(C)/C(=C/C[Si](C)(C)C)CC2.[Co].[Co]. The smallest absolute Gasteiger partial charge is 0.0892 e. The molecule has 3 atom stereocenters. The number of aliphatic hydroxyl groups is 1. The number of hydrogen-bond donors (Lipinski definition) is 1. The second-order valence-corrected chi connectivity index (χ2v) is 13.4. The first kappa shape index (κ1) is 49.9. The summed E-state index contributed by atoms with van der Waals surface area (Å²) >= 11 is 0. The second kappa shape index (κ2) is 29.9. The number of fused-ring (bicyclic) bond motifs is 1. The van der Waals surface area contributed by atoms with Crippen LogP contribution in [0.4, 0.5) is 0 Å². The van der Waals surface area contributed by atoms with Crippen molar-refractivity contribution in [1.29, 1.82) is 0 Å². The van der Waals surface area contributed by atoms with Gasteiger partial charge in [0.2, 0.25) is 0 Å². The van der Waals surface area contributed by atoms with Gasteiger partial charge in [-0.05, 0) is 37.8 Å². The Labute approximate surface area is 225 Å². The van der Waals surface area contributed by atoms with Crippen LogP contribution < -0.4 is 0 Å². The van der Waals surface area contributed by atoms with Gasteiger partial charge in [-0.1, -0.05) is 56.9 Å². The molecule has 7 nitrogen and oxygen atoms in total. The molecule has 0 bridgehead atoms. The summed E-state index contributed by atoms with van der Waals surface area (Å²) < 4.78 is 45.0. The van der Waals surface area contributed by atoms with Gasteiger partial charge in [0.05, 0.1) is 6.10 Å². The van der Waals surface area contributed by atoms with Gasteiger partial charge < -0.3 is 5.11 Å². The summed E-state index contributed by atoms with van der Waals surface area (Å²) in [6.07, 6.45) is 13.1. The molecule has 10 heteroatoms. The van der Waals surface area contributed by atoms with Crippen molar-refractivity contribution in [3.8, 4) is 0 Å². The second-order valence-electron chi connectivity index (χ2n) is 7.88. The summed E-state index contributed by atoms with van der Waals surface area (Å²) in [6.45, 7) is 42.1. The van der Waals surface area contributed by atoms with E-state index in [-0.39, 0.29) is 44.4 Å². The van der Waals surface area contributed by atoms with E-state index in [1.807, 2.05) is 0 Å². The van der Waals surface area contributed by atoms with Gasteiger partial charge in [-0.25, -0.2) is 0 Å². The van der Waals surface area contributed by atoms with E-state index in [0.29, 0.717) is 0 Å². The molecule has 0 spiro atoms. The molecule has 1 fully saturated rings. The molecule has 0 aromatic heterocycles. The van der Waals surface area contributed by atoms with Gasteiger partial charge in [-0.3, -0.25) is 0 Å². The van der Waals surface area contributed by atoms with Gasteiger partial charge in [0.25, 0.3) is 0 Å². The van der Waals surface area contributed by atoms with Gasteiger partial charge in [0, 0.05) is 52.5 Å². The van der Waals surface area contributed by atoms with E-state index >= 15 is 0 Å². The molecule has 2 aliphatic rings. The zero-order chi connectivity index (χ0) is 27.0. The number of allylic oxidation sites excluding steroid dienone is 3. The normalized spacial score (nSPS) is 22.1. The summed E-state index contributed by atoms with van der Waals surface area (Å²) in [6, 6.07) is 1.23. The molecule has 0 aliphatic heterocycles. The van der Waals surface area contributed by atoms with Crippen LogP contribution in [0.5, 0.6) is 0 Å². The van der Waals surface area contributed by atoms with Crippen molar-refractivity contribution in [3.05, 3.63) is 76.4 Å². The number of rotatable bonds is 4. The Morgan fingerprint density at radius 1 is 0.971 bits per heavy atom. The Balaban J connectivity index is -0.0000000911. The monoisotopic (exact) mass is 574 g/mol. The average Bonchev–Trinajstić information content (AvgIpc) is 3.17. The third kappa shape index (κ3) is 15.0. The molecule has 0 aromatic carbocycles. The predicted octanol–water partition coefficient (Wildman–Crippen LogP) is 4.31. The maximum atomic E-state index is 10.4. The molecule has 188 valence electrons. The summed E-state index contributed by atoms with van der Waals surface area (Å²) in [5.74, 6) is 0. The van der Waals surface area contributed by atoms with Crippen LogP contribution in [0.25, 0.3) is 0 Å². The first-order valence-electron chi connectivity index (χ1n) is 8.99. The molecule has 0 saturated heterocycles. The zero-order valence-corrected chi connectivity index (χ0v) is 22.6. The van der Waals surface area contributed by atoms with Crippen LogP contribution in [-0.2, 0) is 61.5 Å². The van der Waals surface area contributed by atoms with Crippen molar-refractivity contribution >= 4 is 8.07 Å². The fraction of sp³-hybridized carbons (Fsp3) is 0.500. The molecule has 2 aliphatic carbocycles. The maximum absolute atomic E-state index is 10.4. The van der Waals surface area contributed by atoms with Gasteiger partial charge in [-0.15, -0.1) is 0 Å². The standard InChI is InChI=1S/C18H28OSi.6CO.2Co/c1-6-16(19)18-12-8-7-11-17(18,2)15(9-13-18)10-14-20(3,4)5;6*1-2;;/h1,8,10,12,16,19H,7,9,11,13-14H2,2-5H3;;;;;;;;/b6-1?,15-10+;;;;;;;;/t16-,17-,18-;;;;;;;;/m0......../s1. The third-order valence-corrected chi connectivity index (χ3v) is 6.81. The van der Waals surface area contributed by atoms with Crippen LogP contribution >= 0.6 is 0 Å². The fourth-order valence-corrected chi connectivity index (χ4v) is 4.81. The van der Waals surface area contributed by atoms with E-state index in [4.69, 9.17) is 34.5 Å². The molecule has 34 heavy (non-hydrogen) atoms. The molecule has 4 radical (unpaired) electrons. The summed E-state index contributed by atoms with van der Waals surface area (Å²) in [5.41, 5.74) is 1.36. The van der Waals surface area contributed by atoms with Crippen molar-refractivity contribution in [2.45, 2.75) is 64.4 Å². The van der Waals surface area contributed by atoms with Crippen molar-refractivity contribution in [3.63, 3.8) is 0 Å². The van der Waals surface area contributed by atoms with E-state index < -0.39 is 14.2 Å². The molecule has 1 N–H and O–H groups in total. The summed E-state index contributed by atoms with van der Waals surface area (Å²) in [7, 11) is -1.07. The Bertz CT molecular complexity index is 654. The Kier molecular flexibility index (Phi) is 43.8. The Morgan fingerprint density at radius 3 is 1.74 bits per heavy atom. The molecular formula is C24H28Co2O7Si. The minimum absolute atomic E-state index is 0. The summed E-state index contributed by atoms with van der Waals surface area (Å²) in [5, 5.41) is 10.4. The molecule has 1 saturated carbocycles. The fourth-order valence-electron chi connectivity index (χ4n) is 3.95. The van der Waals surface area contributed by atoms with E-state index in [1.54, 1.807) is 5.57 Å². The topological polar surface area (TPSA) is 140 Å². The minimum atomic E-state index is -1.07. The van der Waals surface area contributed by atoms with Crippen molar-refractivity contribution in [1.82, 2.24) is 0 Å². The zero-order valence-electron chi connectivity index (χ0n) is 19.5. The molecular weight excluding hydrogens is 546 g/mol. The van der Waals surface area contributed by atoms with Crippen LogP contribution in [0.15, 0.2) is 23.8 Å². The predicted molar refractivity (Wildman–Crippen MR) is 112 cm³/mol. The molecule has 2 rings (SSSR count). The Hall–Kier alpha value is -1.15. The van der Waals surface area contributed by atoms with Gasteiger partial charge in [0.1, 0.15) is 0 Å². The maximum Gasteiger partial charge on any atom is 0.0892 e. The largest absolute Gasteiger partial charge is 0.387 e. The van der Waals surface area contributed by atoms with Crippen LogP contribution in [0, 0.1) is 63.4 Å². The van der Waals surface area contributed by atoms with E-state index in [9.17, 15) is 5.11 Å². The molecule has 0 heterocycles. The average molecular weight is 574 g/mol. The quantitative estimate of drug-likeness (QED) is 0.227. The van der Waals surface area contributed by atoms with E-state index in [2.05, 4.69) is 90.8 Å². The van der Waals surface area contributed by atoms with Gasteiger partial charge in [0.15, 0.2) is 0 Å². The first-order chi connectivity index (χ1) is 15.3. The van der Waals surface area contributed by atoms with Crippen LogP contribution in [0.2, 0.25) is 25.7 Å². The molecule has 0 aromatic rings. The van der Waals surface area contributed by atoms with Gasteiger partial charge in [-0.2, -0.15) is 0 Å².